The van der Waals surface area contributed by atoms with Gasteiger partial charge in [0, 0.05) is 5.57 Å². The van der Waals surface area contributed by atoms with Crippen molar-refractivity contribution in [3.05, 3.63) is 22.7 Å². The molecule has 1 aromatic rings. The van der Waals surface area contributed by atoms with Crippen LogP contribution in [0.2, 0.25) is 10.6 Å². The second-order valence-corrected chi connectivity index (χ2v) is 3.72. The molecule has 0 aromatic carbocycles. The van der Waals surface area contributed by atoms with Crippen LogP contribution in [0.15, 0.2) is 12.2 Å². The van der Waals surface area contributed by atoms with Crippen LogP contribution in [-0.2, 0) is 9.53 Å². The van der Waals surface area contributed by atoms with Gasteiger partial charge in [0.1, 0.15) is 6.61 Å². The van der Waals surface area contributed by atoms with Crippen molar-refractivity contribution < 1.29 is 9.53 Å². The van der Waals surface area contributed by atoms with Crippen LogP contribution in [0.3, 0.4) is 0 Å². The maximum absolute atomic E-state index is 11.0. The number of ether oxygens (including phenoxy) is 1. The Hall–Kier alpha value is -1.40. The molecule has 92 valence electrons. The molecule has 0 spiro atoms. The first-order valence-corrected chi connectivity index (χ1v) is 5.38. The Morgan fingerprint density at radius 3 is 2.47 bits per heavy atom. The van der Waals surface area contributed by atoms with Gasteiger partial charge in [-0.3, -0.25) is 0 Å². The normalized spacial score (nSPS) is 9.82. The minimum absolute atomic E-state index is 0.00793. The molecular weight excluding hydrogens is 267 g/mol. The summed E-state index contributed by atoms with van der Waals surface area (Å²) >= 11 is 11.1. The van der Waals surface area contributed by atoms with Crippen molar-refractivity contribution >= 4 is 35.1 Å². The third-order valence-electron chi connectivity index (χ3n) is 1.55. The minimum atomic E-state index is -0.446. The number of hydrogen-bond donors (Lipinski definition) is 1. The molecule has 0 aliphatic rings. The highest BCUT2D eigenvalue weighted by Gasteiger charge is 2.04. The molecular formula is C9H10Cl2N4O2. The predicted molar refractivity (Wildman–Crippen MR) is 64.1 cm³/mol. The van der Waals surface area contributed by atoms with Crippen LogP contribution in [0.25, 0.3) is 0 Å². The standard InChI is InChI=1S/C9H10Cl2N4O2/c1-5(2)6(16)17-4-3-12-9-14-7(10)13-8(11)15-9/h1,3-4H2,2H3,(H,12,13,14,15). The minimum Gasteiger partial charge on any atom is -0.460 e. The molecule has 1 rings (SSSR count). The van der Waals surface area contributed by atoms with E-state index in [-0.39, 0.29) is 23.1 Å². The van der Waals surface area contributed by atoms with Crippen molar-refractivity contribution in [2.75, 3.05) is 18.5 Å². The number of hydrogen-bond acceptors (Lipinski definition) is 6. The van der Waals surface area contributed by atoms with Crippen molar-refractivity contribution in [1.82, 2.24) is 15.0 Å². The topological polar surface area (TPSA) is 77.0 Å². The van der Waals surface area contributed by atoms with Gasteiger partial charge < -0.3 is 10.1 Å². The van der Waals surface area contributed by atoms with Crippen molar-refractivity contribution in [3.63, 3.8) is 0 Å². The highest BCUT2D eigenvalue weighted by molar-refractivity contribution is 6.31. The first kappa shape index (κ1) is 13.7. The Morgan fingerprint density at radius 1 is 1.35 bits per heavy atom. The number of rotatable bonds is 5. The second-order valence-electron chi connectivity index (χ2n) is 3.04. The van der Waals surface area contributed by atoms with Crippen LogP contribution < -0.4 is 5.32 Å². The molecule has 1 aromatic heterocycles. The summed E-state index contributed by atoms with van der Waals surface area (Å²) in [7, 11) is 0. The SMILES string of the molecule is C=C(C)C(=O)OCCNc1nc(Cl)nc(Cl)n1. The highest BCUT2D eigenvalue weighted by atomic mass is 35.5. The Morgan fingerprint density at radius 2 is 1.94 bits per heavy atom. The number of nitrogens with one attached hydrogen (secondary N) is 1. The lowest BCUT2D eigenvalue weighted by Gasteiger charge is -2.06. The quantitative estimate of drug-likeness (QED) is 0.501. The van der Waals surface area contributed by atoms with Gasteiger partial charge in [0.25, 0.3) is 0 Å². The maximum atomic E-state index is 11.0. The van der Waals surface area contributed by atoms with E-state index in [9.17, 15) is 4.79 Å². The van der Waals surface area contributed by atoms with Crippen LogP contribution in [0.5, 0.6) is 0 Å². The molecule has 6 nitrogen and oxygen atoms in total. The molecule has 0 unspecified atom stereocenters. The molecule has 0 bridgehead atoms. The molecule has 0 saturated carbocycles. The van der Waals surface area contributed by atoms with Crippen molar-refractivity contribution in [2.24, 2.45) is 0 Å². The molecule has 0 fully saturated rings. The Bertz CT molecular complexity index is 419. The van der Waals surface area contributed by atoms with Gasteiger partial charge in [-0.2, -0.15) is 15.0 Å². The van der Waals surface area contributed by atoms with E-state index < -0.39 is 5.97 Å². The highest BCUT2D eigenvalue weighted by Crippen LogP contribution is 2.08. The lowest BCUT2D eigenvalue weighted by Crippen LogP contribution is -2.15. The van der Waals surface area contributed by atoms with Crippen LogP contribution in [0, 0.1) is 0 Å². The molecule has 17 heavy (non-hydrogen) atoms. The monoisotopic (exact) mass is 276 g/mol. The Balaban J connectivity index is 2.36. The van der Waals surface area contributed by atoms with Gasteiger partial charge in [-0.25, -0.2) is 4.79 Å². The van der Waals surface area contributed by atoms with E-state index in [1.807, 2.05) is 0 Å². The van der Waals surface area contributed by atoms with E-state index >= 15 is 0 Å². The van der Waals surface area contributed by atoms with E-state index in [0.717, 1.165) is 0 Å². The number of carbonyl (C=O) groups excluding carboxylic acids is 1. The van der Waals surface area contributed by atoms with E-state index in [1.165, 1.54) is 0 Å². The van der Waals surface area contributed by atoms with Gasteiger partial charge in [-0.05, 0) is 30.1 Å². The first-order valence-electron chi connectivity index (χ1n) is 4.62. The van der Waals surface area contributed by atoms with Crippen molar-refractivity contribution in [3.8, 4) is 0 Å². The third-order valence-corrected chi connectivity index (χ3v) is 1.89. The summed E-state index contributed by atoms with van der Waals surface area (Å²) in [6.07, 6.45) is 0. The molecule has 0 saturated heterocycles. The van der Waals surface area contributed by atoms with Gasteiger partial charge in [0.05, 0.1) is 6.54 Å². The largest absolute Gasteiger partial charge is 0.460 e. The first-order chi connectivity index (χ1) is 7.99. The predicted octanol–water partition coefficient (Wildman–Crippen LogP) is 1.71. The fourth-order valence-electron chi connectivity index (χ4n) is 0.835. The summed E-state index contributed by atoms with van der Waals surface area (Å²) in [5.41, 5.74) is 0.344. The van der Waals surface area contributed by atoms with Gasteiger partial charge >= 0.3 is 5.97 Å². The molecule has 0 aliphatic heterocycles. The smallest absolute Gasteiger partial charge is 0.333 e. The molecule has 0 radical (unpaired) electrons. The van der Waals surface area contributed by atoms with Crippen LogP contribution in [0.4, 0.5) is 5.95 Å². The fourth-order valence-corrected chi connectivity index (χ4v) is 1.20. The summed E-state index contributed by atoms with van der Waals surface area (Å²) < 4.78 is 4.85. The van der Waals surface area contributed by atoms with E-state index in [0.29, 0.717) is 12.1 Å². The lowest BCUT2D eigenvalue weighted by atomic mass is 10.4. The summed E-state index contributed by atoms with van der Waals surface area (Å²) in [5.74, 6) is -0.222. The lowest BCUT2D eigenvalue weighted by molar-refractivity contribution is -0.138. The molecule has 0 amide bonds. The van der Waals surface area contributed by atoms with E-state index in [4.69, 9.17) is 27.9 Å². The van der Waals surface area contributed by atoms with Gasteiger partial charge in [-0.15, -0.1) is 0 Å². The number of aromatic nitrogens is 3. The number of esters is 1. The van der Waals surface area contributed by atoms with Gasteiger partial charge in [0.15, 0.2) is 0 Å². The number of anilines is 1. The van der Waals surface area contributed by atoms with E-state index in [2.05, 4.69) is 26.8 Å². The summed E-state index contributed by atoms with van der Waals surface area (Å²) in [4.78, 5) is 22.2. The zero-order valence-electron chi connectivity index (χ0n) is 9.04. The maximum Gasteiger partial charge on any atom is 0.333 e. The van der Waals surface area contributed by atoms with Crippen molar-refractivity contribution in [2.45, 2.75) is 6.92 Å². The zero-order chi connectivity index (χ0) is 12.8. The van der Waals surface area contributed by atoms with Crippen LogP contribution in [0.1, 0.15) is 6.92 Å². The van der Waals surface area contributed by atoms with Gasteiger partial charge in [0.2, 0.25) is 16.5 Å². The Labute approximate surface area is 108 Å². The zero-order valence-corrected chi connectivity index (χ0v) is 10.5. The Kier molecular flexibility index (Phi) is 5.11. The summed E-state index contributed by atoms with van der Waals surface area (Å²) in [5, 5.41) is 2.77. The number of nitrogens with zero attached hydrogens (tertiary/aromatic N) is 3. The molecule has 1 N–H and O–H groups in total. The summed E-state index contributed by atoms with van der Waals surface area (Å²) in [6.45, 7) is 5.51. The molecule has 1 heterocycles. The molecule has 0 aliphatic carbocycles. The number of carbonyl (C=O) groups is 1. The second kappa shape index (κ2) is 6.36. The van der Waals surface area contributed by atoms with Crippen LogP contribution in [-0.4, -0.2) is 34.1 Å². The van der Waals surface area contributed by atoms with Crippen LogP contribution >= 0.6 is 23.2 Å². The fraction of sp³-hybridized carbons (Fsp3) is 0.333. The average Bonchev–Trinajstić information content (AvgIpc) is 2.22. The molecule has 0 atom stereocenters. The summed E-state index contributed by atoms with van der Waals surface area (Å²) in [6, 6.07) is 0. The number of halogens is 2. The van der Waals surface area contributed by atoms with Crippen molar-refractivity contribution in [1.29, 1.82) is 0 Å². The average molecular weight is 277 g/mol. The van der Waals surface area contributed by atoms with Gasteiger partial charge in [-0.1, -0.05) is 6.58 Å². The van der Waals surface area contributed by atoms with E-state index in [1.54, 1.807) is 6.92 Å². The molecule has 8 heteroatoms. The third kappa shape index (κ3) is 4.97.